The normalized spacial score (nSPS) is 22.5. The number of nitrogens with zero attached hydrogens (tertiary/aromatic N) is 1. The summed E-state index contributed by atoms with van der Waals surface area (Å²) in [7, 11) is -2.91. The van der Waals surface area contributed by atoms with Crippen LogP contribution in [-0.2, 0) is 14.6 Å². The first-order valence-corrected chi connectivity index (χ1v) is 7.28. The lowest BCUT2D eigenvalue weighted by molar-refractivity contribution is -0.116. The number of aryl methyl sites for hydroxylation is 1. The number of nitrogens with one attached hydrogen (secondary N) is 2. The van der Waals surface area contributed by atoms with Gasteiger partial charge in [0.25, 0.3) is 0 Å². The van der Waals surface area contributed by atoms with Gasteiger partial charge in [-0.2, -0.15) is 5.10 Å². The van der Waals surface area contributed by atoms with Crippen LogP contribution in [0.15, 0.2) is 6.20 Å². The Hall–Kier alpha value is -1.37. The predicted octanol–water partition coefficient (Wildman–Crippen LogP) is 0.481. The summed E-state index contributed by atoms with van der Waals surface area (Å²) >= 11 is 0. The standard InChI is InChI=1S/C10H15N3O3S/c1-7-5-11-13-10(7)12-9(14)4-8-2-3-17(15,16)6-8/h5,8H,2-4,6H2,1H3,(H2,11,12,13,14). The molecule has 0 saturated carbocycles. The zero-order valence-electron chi connectivity index (χ0n) is 9.56. The molecule has 1 unspecified atom stereocenters. The molecule has 0 aliphatic carbocycles. The Bertz CT molecular complexity index is 521. The monoisotopic (exact) mass is 257 g/mol. The molecule has 7 heteroatoms. The highest BCUT2D eigenvalue weighted by Gasteiger charge is 2.29. The lowest BCUT2D eigenvalue weighted by atomic mass is 10.1. The van der Waals surface area contributed by atoms with E-state index in [0.717, 1.165) is 5.56 Å². The number of amides is 1. The molecule has 6 nitrogen and oxygen atoms in total. The summed E-state index contributed by atoms with van der Waals surface area (Å²) in [5, 5.41) is 9.16. The average Bonchev–Trinajstić information content (AvgIpc) is 2.74. The smallest absolute Gasteiger partial charge is 0.225 e. The highest BCUT2D eigenvalue weighted by molar-refractivity contribution is 7.91. The van der Waals surface area contributed by atoms with E-state index in [-0.39, 0.29) is 29.8 Å². The molecule has 2 heterocycles. The number of hydrogen-bond donors (Lipinski definition) is 2. The van der Waals surface area contributed by atoms with Crippen LogP contribution in [0.1, 0.15) is 18.4 Å². The van der Waals surface area contributed by atoms with E-state index in [1.807, 2.05) is 6.92 Å². The molecule has 0 radical (unpaired) electrons. The van der Waals surface area contributed by atoms with Crippen molar-refractivity contribution in [2.75, 3.05) is 16.8 Å². The summed E-state index contributed by atoms with van der Waals surface area (Å²) in [5.41, 5.74) is 0.859. The van der Waals surface area contributed by atoms with Crippen LogP contribution in [-0.4, -0.2) is 36.0 Å². The molecule has 1 aliphatic rings. The average molecular weight is 257 g/mol. The maximum absolute atomic E-state index is 11.7. The van der Waals surface area contributed by atoms with Crippen molar-refractivity contribution in [3.63, 3.8) is 0 Å². The van der Waals surface area contributed by atoms with Gasteiger partial charge in [0, 0.05) is 12.0 Å². The largest absolute Gasteiger partial charge is 0.311 e. The van der Waals surface area contributed by atoms with Gasteiger partial charge in [0.2, 0.25) is 5.91 Å². The number of aromatic amines is 1. The van der Waals surface area contributed by atoms with Gasteiger partial charge in [0.15, 0.2) is 9.84 Å². The van der Waals surface area contributed by atoms with Crippen LogP contribution < -0.4 is 5.32 Å². The zero-order chi connectivity index (χ0) is 12.5. The van der Waals surface area contributed by atoms with Crippen LogP contribution >= 0.6 is 0 Å². The molecule has 0 spiro atoms. The van der Waals surface area contributed by atoms with Gasteiger partial charge in [0.05, 0.1) is 17.7 Å². The third-order valence-corrected chi connectivity index (χ3v) is 4.73. The van der Waals surface area contributed by atoms with E-state index in [1.165, 1.54) is 0 Å². The minimum atomic E-state index is -2.91. The van der Waals surface area contributed by atoms with E-state index in [0.29, 0.717) is 12.2 Å². The Morgan fingerprint density at radius 3 is 2.94 bits per heavy atom. The Morgan fingerprint density at radius 1 is 1.65 bits per heavy atom. The van der Waals surface area contributed by atoms with Gasteiger partial charge in [-0.25, -0.2) is 8.42 Å². The van der Waals surface area contributed by atoms with Gasteiger partial charge in [-0.1, -0.05) is 0 Å². The van der Waals surface area contributed by atoms with Crippen molar-refractivity contribution in [1.82, 2.24) is 10.2 Å². The van der Waals surface area contributed by atoms with Gasteiger partial charge in [-0.05, 0) is 19.3 Å². The molecule has 1 aromatic rings. The maximum Gasteiger partial charge on any atom is 0.225 e. The molecule has 1 fully saturated rings. The molecule has 0 aromatic carbocycles. The molecule has 1 aromatic heterocycles. The van der Waals surface area contributed by atoms with Gasteiger partial charge in [0.1, 0.15) is 5.82 Å². The second-order valence-corrected chi connectivity index (χ2v) is 6.68. The minimum Gasteiger partial charge on any atom is -0.311 e. The lowest BCUT2D eigenvalue weighted by Crippen LogP contribution is -2.18. The molecule has 17 heavy (non-hydrogen) atoms. The first-order valence-electron chi connectivity index (χ1n) is 5.46. The molecule has 2 rings (SSSR count). The quantitative estimate of drug-likeness (QED) is 0.824. The number of H-pyrrole nitrogens is 1. The Balaban J connectivity index is 1.89. The van der Waals surface area contributed by atoms with Crippen molar-refractivity contribution >= 4 is 21.6 Å². The van der Waals surface area contributed by atoms with Crippen molar-refractivity contribution < 1.29 is 13.2 Å². The second kappa shape index (κ2) is 4.48. The predicted molar refractivity (Wildman–Crippen MR) is 63.3 cm³/mol. The molecule has 0 bridgehead atoms. The summed E-state index contributed by atoms with van der Waals surface area (Å²) in [4.78, 5) is 11.7. The third-order valence-electron chi connectivity index (χ3n) is 2.89. The second-order valence-electron chi connectivity index (χ2n) is 4.45. The van der Waals surface area contributed by atoms with Crippen molar-refractivity contribution in [2.24, 2.45) is 5.92 Å². The Morgan fingerprint density at radius 2 is 2.41 bits per heavy atom. The molecule has 1 aliphatic heterocycles. The first-order chi connectivity index (χ1) is 7.96. The fraction of sp³-hybridized carbons (Fsp3) is 0.600. The Kier molecular flexibility index (Phi) is 3.19. The molecule has 2 N–H and O–H groups in total. The summed E-state index contributed by atoms with van der Waals surface area (Å²) in [6.07, 6.45) is 2.45. The minimum absolute atomic E-state index is 0.0526. The lowest BCUT2D eigenvalue weighted by Gasteiger charge is -2.07. The van der Waals surface area contributed by atoms with E-state index in [2.05, 4.69) is 15.5 Å². The van der Waals surface area contributed by atoms with E-state index >= 15 is 0 Å². The molecule has 1 amide bonds. The number of sulfone groups is 1. The van der Waals surface area contributed by atoms with E-state index < -0.39 is 9.84 Å². The van der Waals surface area contributed by atoms with Crippen LogP contribution in [0.25, 0.3) is 0 Å². The maximum atomic E-state index is 11.7. The van der Waals surface area contributed by atoms with Gasteiger partial charge < -0.3 is 5.32 Å². The van der Waals surface area contributed by atoms with Crippen molar-refractivity contribution in [3.05, 3.63) is 11.8 Å². The topological polar surface area (TPSA) is 91.9 Å². The summed E-state index contributed by atoms with van der Waals surface area (Å²) in [6.45, 7) is 1.83. The SMILES string of the molecule is Cc1cn[nH]c1NC(=O)CC1CCS(=O)(=O)C1. The number of rotatable bonds is 3. The summed E-state index contributed by atoms with van der Waals surface area (Å²) < 4.78 is 22.5. The first kappa shape index (κ1) is 12.1. The fourth-order valence-electron chi connectivity index (χ4n) is 1.96. The number of carbonyl (C=O) groups excluding carboxylic acids is 1. The summed E-state index contributed by atoms with van der Waals surface area (Å²) in [6, 6.07) is 0. The van der Waals surface area contributed by atoms with Crippen molar-refractivity contribution in [2.45, 2.75) is 19.8 Å². The van der Waals surface area contributed by atoms with Crippen LogP contribution in [0.3, 0.4) is 0 Å². The van der Waals surface area contributed by atoms with E-state index in [1.54, 1.807) is 6.20 Å². The third kappa shape index (κ3) is 3.06. The molecule has 1 saturated heterocycles. The van der Waals surface area contributed by atoms with Crippen LogP contribution in [0.5, 0.6) is 0 Å². The number of carbonyl (C=O) groups is 1. The highest BCUT2D eigenvalue weighted by atomic mass is 32.2. The fourth-order valence-corrected chi connectivity index (χ4v) is 3.82. The van der Waals surface area contributed by atoms with Gasteiger partial charge >= 0.3 is 0 Å². The van der Waals surface area contributed by atoms with Crippen LogP contribution in [0.4, 0.5) is 5.82 Å². The molecule has 1 atom stereocenters. The number of aromatic nitrogens is 2. The van der Waals surface area contributed by atoms with Crippen molar-refractivity contribution in [3.8, 4) is 0 Å². The van der Waals surface area contributed by atoms with Crippen LogP contribution in [0.2, 0.25) is 0 Å². The zero-order valence-corrected chi connectivity index (χ0v) is 10.4. The van der Waals surface area contributed by atoms with E-state index in [4.69, 9.17) is 0 Å². The molecular weight excluding hydrogens is 242 g/mol. The van der Waals surface area contributed by atoms with Gasteiger partial charge in [-0.3, -0.25) is 9.89 Å². The number of anilines is 1. The molecular formula is C10H15N3O3S. The Labute approximate surface area is 99.7 Å². The number of hydrogen-bond acceptors (Lipinski definition) is 4. The van der Waals surface area contributed by atoms with Crippen molar-refractivity contribution in [1.29, 1.82) is 0 Å². The summed E-state index contributed by atoms with van der Waals surface area (Å²) in [5.74, 6) is 0.690. The van der Waals surface area contributed by atoms with E-state index in [9.17, 15) is 13.2 Å². The van der Waals surface area contributed by atoms with Gasteiger partial charge in [-0.15, -0.1) is 0 Å². The van der Waals surface area contributed by atoms with Crippen LogP contribution in [0, 0.1) is 12.8 Å². The molecule has 94 valence electrons. The highest BCUT2D eigenvalue weighted by Crippen LogP contribution is 2.22.